The molecule has 0 fully saturated rings. The second kappa shape index (κ2) is 7.20. The zero-order valence-corrected chi connectivity index (χ0v) is 12.7. The normalized spacial score (nSPS) is 11.9. The van der Waals surface area contributed by atoms with Gasteiger partial charge in [0, 0.05) is 5.69 Å². The first-order valence-corrected chi connectivity index (χ1v) is 7.27. The van der Waals surface area contributed by atoms with Crippen molar-refractivity contribution < 1.29 is 4.74 Å². The highest BCUT2D eigenvalue weighted by atomic mass is 35.5. The van der Waals surface area contributed by atoms with Crippen LogP contribution in [0.5, 0.6) is 5.75 Å². The summed E-state index contributed by atoms with van der Waals surface area (Å²) in [7, 11) is 1.62. The predicted octanol–water partition coefficient (Wildman–Crippen LogP) is 5.30. The highest BCUT2D eigenvalue weighted by molar-refractivity contribution is 6.32. The summed E-state index contributed by atoms with van der Waals surface area (Å²) in [5.74, 6) is 0.698. The molecule has 0 aromatic heterocycles. The number of ether oxygens (including phenoxy) is 1. The summed E-state index contributed by atoms with van der Waals surface area (Å²) in [4.78, 5) is 0. The van der Waals surface area contributed by atoms with Crippen LogP contribution in [0.25, 0.3) is 0 Å². The van der Waals surface area contributed by atoms with E-state index in [9.17, 15) is 0 Å². The molecule has 0 aliphatic heterocycles. The van der Waals surface area contributed by atoms with Crippen molar-refractivity contribution in [3.63, 3.8) is 0 Å². The molecule has 0 aliphatic rings. The third-order valence-corrected chi connectivity index (χ3v) is 3.57. The molecule has 1 atom stereocenters. The van der Waals surface area contributed by atoms with E-state index in [1.54, 1.807) is 7.11 Å². The third kappa shape index (κ3) is 3.67. The van der Waals surface area contributed by atoms with Crippen molar-refractivity contribution >= 4 is 17.3 Å². The second-order valence-electron chi connectivity index (χ2n) is 4.75. The highest BCUT2D eigenvalue weighted by Gasteiger charge is 2.11. The summed E-state index contributed by atoms with van der Waals surface area (Å²) >= 11 is 6.17. The lowest BCUT2D eigenvalue weighted by Gasteiger charge is -2.20. The smallest absolute Gasteiger partial charge is 0.137 e. The van der Waals surface area contributed by atoms with E-state index in [0.29, 0.717) is 16.8 Å². The average molecular weight is 290 g/mol. The average Bonchev–Trinajstić information content (AvgIpc) is 2.48. The fourth-order valence-electron chi connectivity index (χ4n) is 2.25. The van der Waals surface area contributed by atoms with Crippen molar-refractivity contribution in [1.82, 2.24) is 0 Å². The van der Waals surface area contributed by atoms with Crippen molar-refractivity contribution in [2.75, 3.05) is 12.4 Å². The molecule has 0 amide bonds. The van der Waals surface area contributed by atoms with Crippen LogP contribution < -0.4 is 10.1 Å². The number of nitrogens with one attached hydrogen (secondary N) is 1. The van der Waals surface area contributed by atoms with E-state index in [0.717, 1.165) is 18.5 Å². The van der Waals surface area contributed by atoms with Gasteiger partial charge in [0.1, 0.15) is 5.75 Å². The molecule has 2 nitrogen and oxygen atoms in total. The van der Waals surface area contributed by atoms with Crippen LogP contribution in [0.4, 0.5) is 5.69 Å². The Morgan fingerprint density at radius 2 is 1.90 bits per heavy atom. The number of hydrogen-bond donors (Lipinski definition) is 1. The summed E-state index contributed by atoms with van der Waals surface area (Å²) in [6.07, 6.45) is 2.20. The van der Waals surface area contributed by atoms with Crippen molar-refractivity contribution in [1.29, 1.82) is 0 Å². The van der Waals surface area contributed by atoms with E-state index < -0.39 is 0 Å². The van der Waals surface area contributed by atoms with Gasteiger partial charge in [-0.25, -0.2) is 0 Å². The van der Waals surface area contributed by atoms with Gasteiger partial charge in [-0.2, -0.15) is 0 Å². The predicted molar refractivity (Wildman–Crippen MR) is 85.7 cm³/mol. The number of rotatable bonds is 6. The Bertz CT molecular complexity index is 542. The summed E-state index contributed by atoms with van der Waals surface area (Å²) < 4.78 is 5.18. The lowest BCUT2D eigenvalue weighted by molar-refractivity contribution is 0.415. The Kier molecular flexibility index (Phi) is 5.31. The number of hydrogen-bond acceptors (Lipinski definition) is 2. The number of methoxy groups -OCH3 is 1. The van der Waals surface area contributed by atoms with Crippen LogP contribution in [0.3, 0.4) is 0 Å². The zero-order valence-electron chi connectivity index (χ0n) is 11.9. The monoisotopic (exact) mass is 289 g/mol. The molecule has 3 heteroatoms. The van der Waals surface area contributed by atoms with E-state index in [1.807, 2.05) is 24.3 Å². The van der Waals surface area contributed by atoms with Crippen LogP contribution >= 0.6 is 11.6 Å². The first kappa shape index (κ1) is 14.7. The van der Waals surface area contributed by atoms with Gasteiger partial charge < -0.3 is 10.1 Å². The molecule has 2 aromatic rings. The molecule has 0 aliphatic carbocycles. The number of benzene rings is 2. The molecule has 0 saturated carbocycles. The topological polar surface area (TPSA) is 21.3 Å². The van der Waals surface area contributed by atoms with Crippen LogP contribution in [0.15, 0.2) is 48.5 Å². The molecule has 0 radical (unpaired) electrons. The quantitative estimate of drug-likeness (QED) is 0.779. The highest BCUT2D eigenvalue weighted by Crippen LogP contribution is 2.30. The first-order chi connectivity index (χ1) is 9.74. The fourth-order valence-corrected chi connectivity index (χ4v) is 2.51. The molecule has 106 valence electrons. The van der Waals surface area contributed by atoms with Crippen LogP contribution in [0.2, 0.25) is 5.02 Å². The van der Waals surface area contributed by atoms with Crippen LogP contribution in [-0.4, -0.2) is 7.11 Å². The molecule has 20 heavy (non-hydrogen) atoms. The second-order valence-corrected chi connectivity index (χ2v) is 5.15. The Labute approximate surface area is 125 Å². The maximum absolute atomic E-state index is 6.17. The molecule has 0 heterocycles. The van der Waals surface area contributed by atoms with E-state index in [1.165, 1.54) is 5.56 Å². The molecule has 2 aromatic carbocycles. The molecule has 0 bridgehead atoms. The third-order valence-electron chi connectivity index (χ3n) is 3.27. The SMILES string of the molecule is CCCC(Nc1ccc(OC)c(Cl)c1)c1ccccc1. The molecule has 0 saturated heterocycles. The maximum atomic E-state index is 6.17. The Morgan fingerprint density at radius 1 is 1.15 bits per heavy atom. The number of anilines is 1. The van der Waals surface area contributed by atoms with Crippen LogP contribution in [-0.2, 0) is 0 Å². The molecule has 1 unspecified atom stereocenters. The standard InChI is InChI=1S/C17H20ClNO/c1-3-7-16(13-8-5-4-6-9-13)19-14-10-11-17(20-2)15(18)12-14/h4-6,8-12,16,19H,3,7H2,1-2H3. The number of halogens is 1. The van der Waals surface area contributed by atoms with Crippen molar-refractivity contribution in [3.05, 3.63) is 59.1 Å². The largest absolute Gasteiger partial charge is 0.495 e. The van der Waals surface area contributed by atoms with Crippen LogP contribution in [0, 0.1) is 0 Å². The van der Waals surface area contributed by atoms with E-state index >= 15 is 0 Å². The Hall–Kier alpha value is -1.67. The first-order valence-electron chi connectivity index (χ1n) is 6.89. The summed E-state index contributed by atoms with van der Waals surface area (Å²) in [6, 6.07) is 16.6. The van der Waals surface area contributed by atoms with Crippen molar-refractivity contribution in [3.8, 4) is 5.75 Å². The van der Waals surface area contributed by atoms with Crippen molar-refractivity contribution in [2.24, 2.45) is 0 Å². The molecular weight excluding hydrogens is 270 g/mol. The zero-order chi connectivity index (χ0) is 14.4. The minimum Gasteiger partial charge on any atom is -0.495 e. The fraction of sp³-hybridized carbons (Fsp3) is 0.294. The van der Waals surface area contributed by atoms with Crippen molar-refractivity contribution in [2.45, 2.75) is 25.8 Å². The van der Waals surface area contributed by atoms with Gasteiger partial charge in [-0.3, -0.25) is 0 Å². The van der Waals surface area contributed by atoms with E-state index in [4.69, 9.17) is 16.3 Å². The lowest BCUT2D eigenvalue weighted by atomic mass is 10.0. The van der Waals surface area contributed by atoms with Gasteiger partial charge in [-0.15, -0.1) is 0 Å². The van der Waals surface area contributed by atoms with Gasteiger partial charge in [0.2, 0.25) is 0 Å². The minimum absolute atomic E-state index is 0.297. The Balaban J connectivity index is 2.18. The summed E-state index contributed by atoms with van der Waals surface area (Å²) in [6.45, 7) is 2.19. The maximum Gasteiger partial charge on any atom is 0.137 e. The molecule has 1 N–H and O–H groups in total. The van der Waals surface area contributed by atoms with Gasteiger partial charge in [0.15, 0.2) is 0 Å². The molecule has 2 rings (SSSR count). The van der Waals surface area contributed by atoms with Crippen LogP contribution in [0.1, 0.15) is 31.4 Å². The summed E-state index contributed by atoms with van der Waals surface area (Å²) in [5, 5.41) is 4.17. The van der Waals surface area contributed by atoms with E-state index in [2.05, 4.69) is 36.5 Å². The van der Waals surface area contributed by atoms with Gasteiger partial charge in [0.25, 0.3) is 0 Å². The molecular formula is C17H20ClNO. The van der Waals surface area contributed by atoms with E-state index in [-0.39, 0.29) is 0 Å². The van der Waals surface area contributed by atoms with Gasteiger partial charge >= 0.3 is 0 Å². The van der Waals surface area contributed by atoms with Gasteiger partial charge in [-0.1, -0.05) is 55.3 Å². The van der Waals surface area contributed by atoms with Gasteiger partial charge in [0.05, 0.1) is 18.2 Å². The molecule has 0 spiro atoms. The summed E-state index contributed by atoms with van der Waals surface area (Å²) in [5.41, 5.74) is 2.30. The lowest BCUT2D eigenvalue weighted by Crippen LogP contribution is -2.10. The minimum atomic E-state index is 0.297. The van der Waals surface area contributed by atoms with Gasteiger partial charge in [-0.05, 0) is 30.2 Å². The Morgan fingerprint density at radius 3 is 2.50 bits per heavy atom.